The molecule has 0 aliphatic heterocycles. The van der Waals surface area contributed by atoms with Gasteiger partial charge >= 0.3 is 0 Å². The molecule has 1 unspecified atom stereocenters. The highest BCUT2D eigenvalue weighted by molar-refractivity contribution is 5.90. The van der Waals surface area contributed by atoms with Crippen molar-refractivity contribution in [1.82, 2.24) is 4.98 Å². The van der Waals surface area contributed by atoms with Crippen LogP contribution in [0.5, 0.6) is 0 Å². The number of para-hydroxylation sites is 2. The predicted octanol–water partition coefficient (Wildman–Crippen LogP) is 9.01. The zero-order chi connectivity index (χ0) is 25.1. The van der Waals surface area contributed by atoms with Crippen molar-refractivity contribution in [3.63, 3.8) is 0 Å². The maximum absolute atomic E-state index is 6.22. The lowest BCUT2D eigenvalue weighted by atomic mass is 9.67. The third-order valence-electron chi connectivity index (χ3n) is 7.97. The fourth-order valence-corrected chi connectivity index (χ4v) is 6.31. The molecule has 8 rings (SSSR count). The third-order valence-corrected chi connectivity index (χ3v) is 7.97. The Morgan fingerprint density at radius 3 is 2.13 bits per heavy atom. The molecule has 1 atom stereocenters. The summed E-state index contributed by atoms with van der Waals surface area (Å²) in [7, 11) is 0. The summed E-state index contributed by atoms with van der Waals surface area (Å²) in [5.74, 6) is 0.644. The molecule has 2 heteroatoms. The van der Waals surface area contributed by atoms with Gasteiger partial charge in [0.1, 0.15) is 5.52 Å². The summed E-state index contributed by atoms with van der Waals surface area (Å²) in [5, 5.41) is 2.48. The van der Waals surface area contributed by atoms with Crippen LogP contribution in [0.1, 0.15) is 22.3 Å². The molecule has 1 aliphatic rings. The van der Waals surface area contributed by atoms with Gasteiger partial charge in [0.15, 0.2) is 5.58 Å². The van der Waals surface area contributed by atoms with Crippen molar-refractivity contribution in [2.75, 3.05) is 0 Å². The van der Waals surface area contributed by atoms with Crippen LogP contribution in [-0.4, -0.2) is 4.98 Å². The first-order valence-electron chi connectivity index (χ1n) is 13.0. The van der Waals surface area contributed by atoms with E-state index in [1.165, 1.54) is 44.2 Å². The SMILES string of the molecule is c1ccc(C2(c3ccc4ccccc4c3)c3ccccc3-c3ccc(-c4nc5ccccc5o4)cc32)cc1. The molecular weight excluding hydrogens is 462 g/mol. The predicted molar refractivity (Wildman–Crippen MR) is 154 cm³/mol. The van der Waals surface area contributed by atoms with Gasteiger partial charge in [-0.05, 0) is 74.5 Å². The first-order valence-corrected chi connectivity index (χ1v) is 13.0. The smallest absolute Gasteiger partial charge is 0.227 e. The summed E-state index contributed by atoms with van der Waals surface area (Å²) in [5.41, 5.74) is 9.74. The van der Waals surface area contributed by atoms with Crippen LogP contribution in [0, 0.1) is 0 Å². The molecule has 1 aromatic heterocycles. The maximum atomic E-state index is 6.22. The summed E-state index contributed by atoms with van der Waals surface area (Å²) in [6, 6.07) is 49.8. The van der Waals surface area contributed by atoms with Crippen molar-refractivity contribution in [2.45, 2.75) is 5.41 Å². The van der Waals surface area contributed by atoms with E-state index >= 15 is 0 Å². The number of hydrogen-bond acceptors (Lipinski definition) is 2. The van der Waals surface area contributed by atoms with E-state index in [0.29, 0.717) is 5.89 Å². The highest BCUT2D eigenvalue weighted by atomic mass is 16.3. The van der Waals surface area contributed by atoms with Crippen LogP contribution in [0.15, 0.2) is 144 Å². The number of oxazole rings is 1. The molecule has 6 aromatic carbocycles. The standard InChI is InChI=1S/C36H23NO/c1-2-12-27(13-3-1)36(28-20-18-24-10-4-5-11-25(24)22-28)31-15-7-6-14-29(31)30-21-19-26(23-32(30)36)35-37-33-16-8-9-17-34(33)38-35/h1-23H. The number of fused-ring (bicyclic) bond motifs is 5. The Labute approximate surface area is 220 Å². The van der Waals surface area contributed by atoms with Crippen molar-refractivity contribution in [3.8, 4) is 22.6 Å². The molecule has 1 heterocycles. The molecule has 1 aliphatic carbocycles. The molecule has 38 heavy (non-hydrogen) atoms. The van der Waals surface area contributed by atoms with Crippen LogP contribution in [0.3, 0.4) is 0 Å². The molecule has 0 fully saturated rings. The molecule has 0 radical (unpaired) electrons. The minimum absolute atomic E-state index is 0.473. The van der Waals surface area contributed by atoms with Gasteiger partial charge in [-0.1, -0.05) is 109 Å². The van der Waals surface area contributed by atoms with E-state index in [0.717, 1.165) is 16.7 Å². The molecule has 0 bridgehead atoms. The van der Waals surface area contributed by atoms with Crippen molar-refractivity contribution >= 4 is 21.9 Å². The average molecular weight is 486 g/mol. The van der Waals surface area contributed by atoms with Crippen LogP contribution < -0.4 is 0 Å². The van der Waals surface area contributed by atoms with Gasteiger partial charge in [0.25, 0.3) is 0 Å². The van der Waals surface area contributed by atoms with Crippen LogP contribution >= 0.6 is 0 Å². The molecule has 0 saturated heterocycles. The van der Waals surface area contributed by atoms with E-state index in [1.54, 1.807) is 0 Å². The van der Waals surface area contributed by atoms with Crippen LogP contribution in [-0.2, 0) is 5.41 Å². The average Bonchev–Trinajstić information content (AvgIpc) is 3.55. The Bertz CT molecular complexity index is 1950. The van der Waals surface area contributed by atoms with E-state index in [4.69, 9.17) is 9.40 Å². The lowest BCUT2D eigenvalue weighted by molar-refractivity contribution is 0.619. The molecule has 2 nitrogen and oxygen atoms in total. The third kappa shape index (κ3) is 2.92. The summed E-state index contributed by atoms with van der Waals surface area (Å²) in [6.07, 6.45) is 0. The van der Waals surface area contributed by atoms with Gasteiger partial charge in [-0.25, -0.2) is 4.98 Å². The Balaban J connectivity index is 1.47. The van der Waals surface area contributed by atoms with E-state index in [1.807, 2.05) is 24.3 Å². The molecule has 0 spiro atoms. The fraction of sp³-hybridized carbons (Fsp3) is 0.0278. The molecule has 0 amide bonds. The summed E-state index contributed by atoms with van der Waals surface area (Å²) in [6.45, 7) is 0. The van der Waals surface area contributed by atoms with E-state index < -0.39 is 5.41 Å². The van der Waals surface area contributed by atoms with Gasteiger partial charge in [-0.2, -0.15) is 0 Å². The van der Waals surface area contributed by atoms with Gasteiger partial charge in [0.2, 0.25) is 5.89 Å². The van der Waals surface area contributed by atoms with Gasteiger partial charge < -0.3 is 4.42 Å². The molecule has 0 N–H and O–H groups in total. The largest absolute Gasteiger partial charge is 0.436 e. The number of benzene rings is 6. The van der Waals surface area contributed by atoms with Gasteiger partial charge in [0.05, 0.1) is 5.41 Å². The van der Waals surface area contributed by atoms with Crippen molar-refractivity contribution in [3.05, 3.63) is 162 Å². The fourth-order valence-electron chi connectivity index (χ4n) is 6.31. The van der Waals surface area contributed by atoms with Crippen LogP contribution in [0.2, 0.25) is 0 Å². The highest BCUT2D eigenvalue weighted by Gasteiger charge is 2.46. The Morgan fingerprint density at radius 2 is 1.24 bits per heavy atom. The van der Waals surface area contributed by atoms with Gasteiger partial charge in [-0.15, -0.1) is 0 Å². The first-order chi connectivity index (χ1) is 18.8. The molecule has 0 saturated carbocycles. The van der Waals surface area contributed by atoms with Crippen molar-refractivity contribution in [2.24, 2.45) is 0 Å². The quantitative estimate of drug-likeness (QED) is 0.249. The topological polar surface area (TPSA) is 26.0 Å². The number of hydrogen-bond donors (Lipinski definition) is 0. The van der Waals surface area contributed by atoms with E-state index in [-0.39, 0.29) is 0 Å². The normalized spacial score (nSPS) is 16.0. The van der Waals surface area contributed by atoms with Crippen LogP contribution in [0.4, 0.5) is 0 Å². The zero-order valence-corrected chi connectivity index (χ0v) is 20.6. The Morgan fingerprint density at radius 1 is 0.500 bits per heavy atom. The molecule has 178 valence electrons. The van der Waals surface area contributed by atoms with Crippen molar-refractivity contribution < 1.29 is 4.42 Å². The number of rotatable bonds is 3. The maximum Gasteiger partial charge on any atom is 0.227 e. The second-order valence-corrected chi connectivity index (χ2v) is 9.97. The van der Waals surface area contributed by atoms with Gasteiger partial charge in [-0.3, -0.25) is 0 Å². The number of nitrogens with zero attached hydrogens (tertiary/aromatic N) is 1. The second kappa shape index (κ2) is 8.03. The van der Waals surface area contributed by atoms with E-state index in [9.17, 15) is 0 Å². The monoisotopic (exact) mass is 485 g/mol. The Kier molecular flexibility index (Phi) is 4.47. The summed E-state index contributed by atoms with van der Waals surface area (Å²) in [4.78, 5) is 4.83. The van der Waals surface area contributed by atoms with E-state index in [2.05, 4.69) is 115 Å². The second-order valence-electron chi connectivity index (χ2n) is 9.97. The molecular formula is C36H23NO. The highest BCUT2D eigenvalue weighted by Crippen LogP contribution is 2.56. The summed E-state index contributed by atoms with van der Waals surface area (Å²) < 4.78 is 6.22. The minimum Gasteiger partial charge on any atom is -0.436 e. The lowest BCUT2D eigenvalue weighted by Gasteiger charge is -2.34. The zero-order valence-electron chi connectivity index (χ0n) is 20.6. The minimum atomic E-state index is -0.473. The summed E-state index contributed by atoms with van der Waals surface area (Å²) >= 11 is 0. The Hall–Kier alpha value is -4.95. The lowest BCUT2D eigenvalue weighted by Crippen LogP contribution is -2.28. The first kappa shape index (κ1) is 21.2. The van der Waals surface area contributed by atoms with Crippen LogP contribution in [0.25, 0.3) is 44.5 Å². The number of aromatic nitrogens is 1. The van der Waals surface area contributed by atoms with Crippen molar-refractivity contribution in [1.29, 1.82) is 0 Å². The molecule has 7 aromatic rings. The van der Waals surface area contributed by atoms with Gasteiger partial charge in [0, 0.05) is 5.56 Å².